The van der Waals surface area contributed by atoms with E-state index < -0.39 is 0 Å². The molecular formula is C19H12N4O. The summed E-state index contributed by atoms with van der Waals surface area (Å²) in [5, 5.41) is 13.9. The number of rotatable bonds is 3. The van der Waals surface area contributed by atoms with Crippen molar-refractivity contribution in [3.63, 3.8) is 0 Å². The van der Waals surface area contributed by atoms with E-state index in [0.29, 0.717) is 16.9 Å². The predicted molar refractivity (Wildman–Crippen MR) is 89.7 cm³/mol. The van der Waals surface area contributed by atoms with Gasteiger partial charge in [0.2, 0.25) is 0 Å². The number of nitriles is 1. The molecule has 4 rings (SSSR count). The molecule has 2 heterocycles. The van der Waals surface area contributed by atoms with Crippen molar-refractivity contribution >= 4 is 5.65 Å². The summed E-state index contributed by atoms with van der Waals surface area (Å²) in [5.74, 6) is 1.50. The van der Waals surface area contributed by atoms with E-state index in [-0.39, 0.29) is 0 Å². The molecule has 0 aliphatic rings. The highest BCUT2D eigenvalue weighted by Crippen LogP contribution is 2.28. The van der Waals surface area contributed by atoms with Crippen LogP contribution in [0.5, 0.6) is 11.5 Å². The number of benzene rings is 2. The van der Waals surface area contributed by atoms with Crippen LogP contribution in [0.15, 0.2) is 73.1 Å². The van der Waals surface area contributed by atoms with Crippen LogP contribution in [-0.4, -0.2) is 14.6 Å². The van der Waals surface area contributed by atoms with E-state index in [2.05, 4.69) is 16.2 Å². The summed E-state index contributed by atoms with van der Waals surface area (Å²) >= 11 is 0. The minimum absolute atomic E-state index is 0.465. The third kappa shape index (κ3) is 2.46. The van der Waals surface area contributed by atoms with Gasteiger partial charge < -0.3 is 4.74 Å². The number of fused-ring (bicyclic) bond motifs is 1. The average molecular weight is 314 g/mol. The van der Waals surface area contributed by atoms with Crippen molar-refractivity contribution in [2.75, 3.05) is 0 Å². The fraction of sp³-hybridized carbons (Fsp3) is 0. The Bertz CT molecular complexity index is 1030. The molecule has 0 bridgehead atoms. The van der Waals surface area contributed by atoms with Crippen molar-refractivity contribution in [2.45, 2.75) is 0 Å². The minimum Gasteiger partial charge on any atom is -0.457 e. The summed E-state index contributed by atoms with van der Waals surface area (Å²) in [6.07, 6.45) is 3.43. The van der Waals surface area contributed by atoms with Gasteiger partial charge in [-0.3, -0.25) is 0 Å². The van der Waals surface area contributed by atoms with Gasteiger partial charge in [-0.15, -0.1) is 0 Å². The predicted octanol–water partition coefficient (Wildman–Crippen LogP) is 4.06. The second-order valence-electron chi connectivity index (χ2n) is 5.16. The number of hydrogen-bond acceptors (Lipinski definition) is 4. The number of ether oxygens (including phenoxy) is 1. The minimum atomic E-state index is 0.465. The van der Waals surface area contributed by atoms with Crippen molar-refractivity contribution in [3.05, 3.63) is 78.6 Å². The maximum Gasteiger partial charge on any atom is 0.173 e. The van der Waals surface area contributed by atoms with E-state index in [9.17, 15) is 5.26 Å². The van der Waals surface area contributed by atoms with Crippen LogP contribution in [0.3, 0.4) is 0 Å². The Hall–Kier alpha value is -3.65. The first-order valence-corrected chi connectivity index (χ1v) is 7.42. The number of aromatic nitrogens is 3. The van der Waals surface area contributed by atoms with Gasteiger partial charge in [0.25, 0.3) is 0 Å². The van der Waals surface area contributed by atoms with Gasteiger partial charge in [-0.25, -0.2) is 9.50 Å². The van der Waals surface area contributed by atoms with Gasteiger partial charge in [-0.2, -0.15) is 10.4 Å². The average Bonchev–Trinajstić information content (AvgIpc) is 3.02. The monoisotopic (exact) mass is 314 g/mol. The van der Waals surface area contributed by atoms with Crippen molar-refractivity contribution in [1.29, 1.82) is 5.26 Å². The summed E-state index contributed by atoms with van der Waals surface area (Å²) in [6, 6.07) is 21.1. The zero-order valence-electron chi connectivity index (χ0n) is 12.6. The van der Waals surface area contributed by atoms with E-state index in [4.69, 9.17) is 4.74 Å². The lowest BCUT2D eigenvalue weighted by Gasteiger charge is -2.05. The van der Waals surface area contributed by atoms with Crippen LogP contribution in [0.25, 0.3) is 16.9 Å². The molecule has 2 aromatic heterocycles. The number of para-hydroxylation sites is 1. The first-order valence-electron chi connectivity index (χ1n) is 7.42. The van der Waals surface area contributed by atoms with Gasteiger partial charge >= 0.3 is 0 Å². The molecule has 24 heavy (non-hydrogen) atoms. The summed E-state index contributed by atoms with van der Waals surface area (Å²) in [6.45, 7) is 0. The molecule has 0 atom stereocenters. The summed E-state index contributed by atoms with van der Waals surface area (Å²) in [7, 11) is 0. The third-order valence-electron chi connectivity index (χ3n) is 3.61. The van der Waals surface area contributed by atoms with Crippen LogP contribution in [0.2, 0.25) is 0 Å². The molecule has 114 valence electrons. The molecule has 0 radical (unpaired) electrons. The van der Waals surface area contributed by atoms with Gasteiger partial charge in [-0.1, -0.05) is 18.2 Å². The van der Waals surface area contributed by atoms with Gasteiger partial charge in [-0.05, 0) is 42.5 Å². The van der Waals surface area contributed by atoms with E-state index >= 15 is 0 Å². The third-order valence-corrected chi connectivity index (χ3v) is 3.61. The first kappa shape index (κ1) is 14.0. The quantitative estimate of drug-likeness (QED) is 0.572. The van der Waals surface area contributed by atoms with Crippen LogP contribution in [0.1, 0.15) is 5.56 Å². The molecule has 0 saturated heterocycles. The first-order chi connectivity index (χ1) is 11.8. The van der Waals surface area contributed by atoms with E-state index in [1.165, 1.54) is 0 Å². The second kappa shape index (κ2) is 5.86. The Kier molecular flexibility index (Phi) is 3.41. The fourth-order valence-corrected chi connectivity index (χ4v) is 2.50. The van der Waals surface area contributed by atoms with Crippen molar-refractivity contribution in [2.24, 2.45) is 0 Å². The van der Waals surface area contributed by atoms with Gasteiger partial charge in [0.15, 0.2) is 5.65 Å². The molecule has 2 aromatic carbocycles. The van der Waals surface area contributed by atoms with Crippen molar-refractivity contribution in [1.82, 2.24) is 14.6 Å². The van der Waals surface area contributed by atoms with Crippen LogP contribution in [0, 0.1) is 11.3 Å². The van der Waals surface area contributed by atoms with Crippen molar-refractivity contribution in [3.8, 4) is 28.8 Å². The SMILES string of the molecule is N#Cc1c2ncccn2n[14c]1-c1ccc(Oc2ccccc2)cc1. The standard InChI is InChI=1S/C19H12N4O/c20-13-17-18(22-23-12-4-11-21-19(17)23)14-7-9-16(10-8-14)24-15-5-2-1-3-6-15/h1-12H/i18+2. The molecule has 0 N–H and O–H groups in total. The van der Waals surface area contributed by atoms with E-state index in [1.54, 1.807) is 23.0 Å². The van der Waals surface area contributed by atoms with E-state index in [1.807, 2.05) is 54.6 Å². The highest BCUT2D eigenvalue weighted by atomic mass is 16.5. The van der Waals surface area contributed by atoms with Crippen LogP contribution in [-0.2, 0) is 0 Å². The molecule has 0 fully saturated rings. The summed E-state index contributed by atoms with van der Waals surface area (Å²) in [4.78, 5) is 4.22. The molecular weight excluding hydrogens is 302 g/mol. The molecule has 5 heteroatoms. The van der Waals surface area contributed by atoms with Crippen LogP contribution in [0.4, 0.5) is 0 Å². The molecule has 0 spiro atoms. The molecule has 0 unspecified atom stereocenters. The topological polar surface area (TPSA) is 63.2 Å². The van der Waals surface area contributed by atoms with E-state index in [0.717, 1.165) is 17.1 Å². The highest BCUT2D eigenvalue weighted by Gasteiger charge is 2.15. The van der Waals surface area contributed by atoms with Gasteiger partial charge in [0, 0.05) is 18.0 Å². The van der Waals surface area contributed by atoms with Crippen LogP contribution >= 0.6 is 0 Å². The maximum absolute atomic E-state index is 9.45. The summed E-state index contributed by atoms with van der Waals surface area (Å²) in [5.41, 5.74) is 2.48. The zero-order valence-corrected chi connectivity index (χ0v) is 12.6. The Labute approximate surface area is 138 Å². The highest BCUT2D eigenvalue weighted by molar-refractivity contribution is 5.75. The normalized spacial score (nSPS) is 10.5. The Morgan fingerprint density at radius 3 is 2.46 bits per heavy atom. The van der Waals surface area contributed by atoms with Gasteiger partial charge in [0.05, 0.1) is 0 Å². The van der Waals surface area contributed by atoms with Crippen molar-refractivity contribution < 1.29 is 4.74 Å². The molecule has 4 aromatic rings. The van der Waals surface area contributed by atoms with Gasteiger partial charge in [0.1, 0.15) is 28.8 Å². The Morgan fingerprint density at radius 1 is 0.958 bits per heavy atom. The second-order valence-corrected chi connectivity index (χ2v) is 5.16. The fourth-order valence-electron chi connectivity index (χ4n) is 2.50. The molecule has 0 saturated carbocycles. The molecule has 0 aliphatic heterocycles. The maximum atomic E-state index is 9.45. The smallest absolute Gasteiger partial charge is 0.173 e. The number of hydrogen-bond donors (Lipinski definition) is 0. The molecule has 5 nitrogen and oxygen atoms in total. The summed E-state index contributed by atoms with van der Waals surface area (Å²) < 4.78 is 7.40. The largest absolute Gasteiger partial charge is 0.457 e. The Balaban J connectivity index is 1.70. The van der Waals surface area contributed by atoms with Crippen LogP contribution < -0.4 is 4.74 Å². The lowest BCUT2D eigenvalue weighted by molar-refractivity contribution is 0.483. The zero-order chi connectivity index (χ0) is 16.4. The molecule has 0 amide bonds. The lowest BCUT2D eigenvalue weighted by Crippen LogP contribution is -1.87. The lowest BCUT2D eigenvalue weighted by atomic mass is 10.3. The Morgan fingerprint density at radius 2 is 1.71 bits per heavy atom. The molecule has 0 aliphatic carbocycles. The number of nitrogens with zero attached hydrogens (tertiary/aromatic N) is 4.